The van der Waals surface area contributed by atoms with Gasteiger partial charge in [-0.05, 0) is 43.2 Å². The minimum Gasteiger partial charge on any atom is -0.507 e. The Kier molecular flexibility index (Phi) is 5.27. The number of benzene rings is 2. The number of thiazole rings is 1. The topological polar surface area (TPSA) is 89.8 Å². The third-order valence-electron chi connectivity index (χ3n) is 4.75. The Morgan fingerprint density at radius 1 is 1.29 bits per heavy atom. The molecule has 1 aromatic heterocycles. The van der Waals surface area contributed by atoms with E-state index in [1.54, 1.807) is 12.1 Å². The Morgan fingerprint density at radius 2 is 2.11 bits per heavy atom. The molecule has 1 saturated heterocycles. The molecule has 1 amide bonds. The highest BCUT2D eigenvalue weighted by molar-refractivity contribution is 7.07. The van der Waals surface area contributed by atoms with Crippen molar-refractivity contribution in [3.63, 3.8) is 0 Å². The number of hydrogen-bond acceptors (Lipinski definition) is 5. The summed E-state index contributed by atoms with van der Waals surface area (Å²) in [5.74, 6) is -0.777. The van der Waals surface area contributed by atoms with Crippen LogP contribution in [0.3, 0.4) is 0 Å². The Bertz CT molecular complexity index is 1050. The van der Waals surface area contributed by atoms with Gasteiger partial charge in [0, 0.05) is 17.6 Å². The number of phenols is 1. The van der Waals surface area contributed by atoms with Gasteiger partial charge in [-0.2, -0.15) is 0 Å². The zero-order valence-electron chi connectivity index (χ0n) is 15.2. The number of aromatic hydroxyl groups is 1. The number of ether oxygens (including phenoxy) is 1. The summed E-state index contributed by atoms with van der Waals surface area (Å²) in [7, 11) is 0. The van der Waals surface area contributed by atoms with Crippen LogP contribution in [0.2, 0.25) is 0 Å². The number of aromatic nitrogens is 1. The predicted octanol–water partition coefficient (Wildman–Crippen LogP) is 3.43. The van der Waals surface area contributed by atoms with Crippen molar-refractivity contribution in [2.24, 2.45) is 10.7 Å². The van der Waals surface area contributed by atoms with E-state index in [0.29, 0.717) is 6.54 Å². The Balaban J connectivity index is 1.82. The number of hydrogen-bond donors (Lipinski definition) is 2. The first kappa shape index (κ1) is 18.5. The van der Waals surface area contributed by atoms with Crippen LogP contribution >= 0.6 is 11.3 Å². The van der Waals surface area contributed by atoms with E-state index in [1.807, 2.05) is 35.7 Å². The molecule has 28 heavy (non-hydrogen) atoms. The van der Waals surface area contributed by atoms with Crippen LogP contribution in [0, 0.1) is 0 Å². The van der Waals surface area contributed by atoms with Crippen LogP contribution in [-0.4, -0.2) is 28.3 Å². The van der Waals surface area contributed by atoms with Gasteiger partial charge >= 0.3 is 0 Å². The highest BCUT2D eigenvalue weighted by Crippen LogP contribution is 2.27. The quantitative estimate of drug-likeness (QED) is 0.693. The fourth-order valence-corrected chi connectivity index (χ4v) is 4.26. The number of nitrogens with zero attached hydrogens (tertiary/aromatic N) is 2. The third-order valence-corrected chi connectivity index (χ3v) is 5.61. The smallest absolute Gasteiger partial charge is 0.252 e. The largest absolute Gasteiger partial charge is 0.507 e. The van der Waals surface area contributed by atoms with Crippen molar-refractivity contribution in [1.82, 2.24) is 4.57 Å². The molecule has 0 radical (unpaired) electrons. The molecule has 0 aliphatic carbocycles. The lowest BCUT2D eigenvalue weighted by atomic mass is 10.1. The van der Waals surface area contributed by atoms with Crippen molar-refractivity contribution in [3.8, 4) is 17.0 Å². The summed E-state index contributed by atoms with van der Waals surface area (Å²) in [6, 6.07) is 14.7. The lowest BCUT2D eigenvalue weighted by Gasteiger charge is -2.14. The molecule has 0 saturated carbocycles. The van der Waals surface area contributed by atoms with Crippen LogP contribution in [0.25, 0.3) is 11.3 Å². The van der Waals surface area contributed by atoms with E-state index in [1.165, 1.54) is 17.4 Å². The molecular formula is C21H21N3O3S. The molecule has 1 atom stereocenters. The van der Waals surface area contributed by atoms with E-state index < -0.39 is 5.91 Å². The second kappa shape index (κ2) is 8.00. The number of amides is 1. The molecule has 1 aliphatic heterocycles. The Hall–Kier alpha value is -2.90. The van der Waals surface area contributed by atoms with E-state index in [9.17, 15) is 9.90 Å². The molecule has 3 aromatic rings. The van der Waals surface area contributed by atoms with E-state index in [0.717, 1.165) is 41.2 Å². The second-order valence-corrected chi connectivity index (χ2v) is 7.53. The SMILES string of the molecule is NC(=O)c1cc(-c2csc(=Nc3ccccc3)n2CC2CCCO2)ccc1O. The summed E-state index contributed by atoms with van der Waals surface area (Å²) in [5.41, 5.74) is 8.09. The van der Waals surface area contributed by atoms with Crippen molar-refractivity contribution < 1.29 is 14.6 Å². The molecule has 1 unspecified atom stereocenters. The summed E-state index contributed by atoms with van der Waals surface area (Å²) < 4.78 is 7.95. The zero-order valence-corrected chi connectivity index (χ0v) is 16.1. The van der Waals surface area contributed by atoms with Gasteiger partial charge in [0.1, 0.15) is 5.75 Å². The molecule has 144 valence electrons. The van der Waals surface area contributed by atoms with Crippen molar-refractivity contribution in [2.45, 2.75) is 25.5 Å². The van der Waals surface area contributed by atoms with Crippen LogP contribution in [0.4, 0.5) is 5.69 Å². The first-order valence-electron chi connectivity index (χ1n) is 9.15. The van der Waals surface area contributed by atoms with Gasteiger partial charge in [-0.25, -0.2) is 4.99 Å². The number of carbonyl (C=O) groups excluding carboxylic acids is 1. The van der Waals surface area contributed by atoms with Crippen LogP contribution < -0.4 is 10.5 Å². The van der Waals surface area contributed by atoms with Gasteiger partial charge in [0.25, 0.3) is 5.91 Å². The lowest BCUT2D eigenvalue weighted by molar-refractivity contribution is 0.0967. The average Bonchev–Trinajstić information content (AvgIpc) is 3.34. The van der Waals surface area contributed by atoms with E-state index in [-0.39, 0.29) is 17.4 Å². The van der Waals surface area contributed by atoms with Crippen LogP contribution in [0.15, 0.2) is 58.9 Å². The summed E-state index contributed by atoms with van der Waals surface area (Å²) >= 11 is 1.53. The Morgan fingerprint density at radius 3 is 2.82 bits per heavy atom. The van der Waals surface area contributed by atoms with Crippen LogP contribution in [0.5, 0.6) is 5.75 Å². The summed E-state index contributed by atoms with van der Waals surface area (Å²) in [6.45, 7) is 1.46. The van der Waals surface area contributed by atoms with Gasteiger partial charge in [-0.15, -0.1) is 11.3 Å². The van der Waals surface area contributed by atoms with Crippen molar-refractivity contribution >= 4 is 22.9 Å². The van der Waals surface area contributed by atoms with Crippen LogP contribution in [-0.2, 0) is 11.3 Å². The zero-order chi connectivity index (χ0) is 19.5. The monoisotopic (exact) mass is 395 g/mol. The summed E-state index contributed by atoms with van der Waals surface area (Å²) in [5, 5.41) is 11.9. The first-order valence-corrected chi connectivity index (χ1v) is 10.0. The normalized spacial score (nSPS) is 17.1. The fraction of sp³-hybridized carbons (Fsp3) is 0.238. The number of nitrogens with two attached hydrogens (primary N) is 1. The standard InChI is InChI=1S/C21H21N3O3S/c22-20(26)17-11-14(8-9-19(17)25)18-13-28-21(23-15-5-2-1-3-6-15)24(18)12-16-7-4-10-27-16/h1-3,5-6,8-9,11,13,16,25H,4,7,10,12H2,(H2,22,26). The number of rotatable bonds is 5. The second-order valence-electron chi connectivity index (χ2n) is 6.69. The van der Waals surface area contributed by atoms with Crippen LogP contribution in [0.1, 0.15) is 23.2 Å². The minimum atomic E-state index is -0.658. The molecule has 0 spiro atoms. The third kappa shape index (κ3) is 3.85. The fourth-order valence-electron chi connectivity index (χ4n) is 3.32. The molecule has 3 N–H and O–H groups in total. The maximum Gasteiger partial charge on any atom is 0.252 e. The molecule has 0 bridgehead atoms. The highest BCUT2D eigenvalue weighted by atomic mass is 32.1. The average molecular weight is 395 g/mol. The van der Waals surface area contributed by atoms with Gasteiger partial charge in [-0.3, -0.25) is 4.79 Å². The molecule has 7 heteroatoms. The molecule has 4 rings (SSSR count). The number of carbonyl (C=O) groups is 1. The van der Waals surface area contributed by atoms with Gasteiger partial charge in [0.05, 0.1) is 29.6 Å². The van der Waals surface area contributed by atoms with Gasteiger partial charge < -0.3 is 20.1 Å². The van der Waals surface area contributed by atoms with E-state index >= 15 is 0 Å². The predicted molar refractivity (Wildman–Crippen MR) is 109 cm³/mol. The van der Waals surface area contributed by atoms with E-state index in [4.69, 9.17) is 15.5 Å². The molecule has 1 aliphatic rings. The maximum atomic E-state index is 11.6. The summed E-state index contributed by atoms with van der Waals surface area (Å²) in [4.78, 5) is 17.3. The number of para-hydroxylation sites is 1. The number of primary amides is 1. The lowest BCUT2D eigenvalue weighted by Crippen LogP contribution is -2.24. The molecule has 2 aromatic carbocycles. The van der Waals surface area contributed by atoms with E-state index in [2.05, 4.69) is 4.57 Å². The van der Waals surface area contributed by atoms with Gasteiger partial charge in [0.15, 0.2) is 4.80 Å². The first-order chi connectivity index (χ1) is 13.6. The van der Waals surface area contributed by atoms with Crippen molar-refractivity contribution in [3.05, 3.63) is 64.3 Å². The van der Waals surface area contributed by atoms with Crippen molar-refractivity contribution in [1.29, 1.82) is 0 Å². The van der Waals surface area contributed by atoms with Gasteiger partial charge in [-0.1, -0.05) is 18.2 Å². The maximum absolute atomic E-state index is 11.6. The summed E-state index contributed by atoms with van der Waals surface area (Å²) in [6.07, 6.45) is 2.20. The highest BCUT2D eigenvalue weighted by Gasteiger charge is 2.20. The van der Waals surface area contributed by atoms with Crippen molar-refractivity contribution in [2.75, 3.05) is 6.61 Å². The molecule has 2 heterocycles. The minimum absolute atomic E-state index is 0.105. The Labute approximate surface area is 166 Å². The molecule has 6 nitrogen and oxygen atoms in total. The molecule has 1 fully saturated rings. The van der Waals surface area contributed by atoms with Gasteiger partial charge in [0.2, 0.25) is 0 Å². The molecular weight excluding hydrogens is 374 g/mol.